The van der Waals surface area contributed by atoms with Gasteiger partial charge >= 0.3 is 0 Å². The van der Waals surface area contributed by atoms with Gasteiger partial charge in [0.05, 0.1) is 24.0 Å². The van der Waals surface area contributed by atoms with Gasteiger partial charge in [0.15, 0.2) is 11.5 Å². The summed E-state index contributed by atoms with van der Waals surface area (Å²) >= 11 is 0. The summed E-state index contributed by atoms with van der Waals surface area (Å²) in [6, 6.07) is 4.73. The van der Waals surface area contributed by atoms with Gasteiger partial charge in [-0.1, -0.05) is 0 Å². The number of nitrogens with one attached hydrogen (secondary N) is 1. The molecule has 2 fully saturated rings. The number of amides is 2. The van der Waals surface area contributed by atoms with Crippen LogP contribution in [-0.4, -0.2) is 75.4 Å². The second kappa shape index (κ2) is 10.3. The third kappa shape index (κ3) is 5.27. The average molecular weight is 480 g/mol. The normalized spacial score (nSPS) is 22.5. The number of likely N-dealkylation sites (tertiary alicyclic amines) is 1. The number of carbonyl (C=O) groups excluding carboxylic acids is 2. The van der Waals surface area contributed by atoms with Gasteiger partial charge < -0.3 is 19.7 Å². The predicted molar refractivity (Wildman–Crippen MR) is 122 cm³/mol. The molecule has 0 aromatic heterocycles. The van der Waals surface area contributed by atoms with Crippen LogP contribution in [0.4, 0.5) is 0 Å². The standard InChI is InChI=1S/C23H33N3O6S/c1-2-24-22(27)18-5-3-10-25(16-18)23(28)17-8-11-26(12-9-17)33(29,30)19-6-7-20-21(15-19)32-14-4-13-31-20/h6-7,15,17-18H,2-5,8-14,16H2,1H3,(H,24,27). The van der Waals surface area contributed by atoms with Crippen LogP contribution < -0.4 is 14.8 Å². The number of nitrogens with zero attached hydrogens (tertiary/aromatic N) is 2. The molecule has 4 rings (SSSR count). The molecular formula is C23H33N3O6S. The summed E-state index contributed by atoms with van der Waals surface area (Å²) < 4.78 is 39.1. The Morgan fingerprint density at radius 2 is 1.73 bits per heavy atom. The van der Waals surface area contributed by atoms with E-state index in [0.29, 0.717) is 70.3 Å². The van der Waals surface area contributed by atoms with Gasteiger partial charge in [-0.2, -0.15) is 4.31 Å². The highest BCUT2D eigenvalue weighted by Gasteiger charge is 2.36. The summed E-state index contributed by atoms with van der Waals surface area (Å²) in [7, 11) is -3.69. The molecule has 33 heavy (non-hydrogen) atoms. The van der Waals surface area contributed by atoms with E-state index in [1.165, 1.54) is 10.4 Å². The molecule has 1 unspecified atom stereocenters. The van der Waals surface area contributed by atoms with Crippen LogP contribution in [0.3, 0.4) is 0 Å². The van der Waals surface area contributed by atoms with Crippen molar-refractivity contribution in [1.29, 1.82) is 0 Å². The fourth-order valence-corrected chi connectivity index (χ4v) is 6.25. The zero-order valence-corrected chi connectivity index (χ0v) is 19.9. The van der Waals surface area contributed by atoms with Gasteiger partial charge in [-0.05, 0) is 44.7 Å². The molecule has 0 radical (unpaired) electrons. The van der Waals surface area contributed by atoms with Crippen LogP contribution in [-0.2, 0) is 19.6 Å². The molecular weight excluding hydrogens is 446 g/mol. The third-order valence-corrected chi connectivity index (χ3v) is 8.51. The fraction of sp³-hybridized carbons (Fsp3) is 0.652. The van der Waals surface area contributed by atoms with Gasteiger partial charge in [-0.15, -0.1) is 0 Å². The maximum atomic E-state index is 13.2. The largest absolute Gasteiger partial charge is 0.490 e. The zero-order valence-electron chi connectivity index (χ0n) is 19.1. The Kier molecular flexibility index (Phi) is 7.43. The van der Waals surface area contributed by atoms with Gasteiger partial charge in [0.25, 0.3) is 0 Å². The summed E-state index contributed by atoms with van der Waals surface area (Å²) in [6.45, 7) is 5.19. The van der Waals surface area contributed by atoms with Crippen molar-refractivity contribution in [3.63, 3.8) is 0 Å². The number of rotatable bonds is 5. The van der Waals surface area contributed by atoms with Crippen molar-refractivity contribution in [2.75, 3.05) is 45.9 Å². The lowest BCUT2D eigenvalue weighted by atomic mass is 9.92. The van der Waals surface area contributed by atoms with E-state index in [4.69, 9.17) is 9.47 Å². The first-order valence-corrected chi connectivity index (χ1v) is 13.3. The van der Waals surface area contributed by atoms with Gasteiger partial charge in [-0.3, -0.25) is 9.59 Å². The molecule has 3 heterocycles. The number of fused-ring (bicyclic) bond motifs is 1. The Labute approximate surface area is 195 Å². The van der Waals surface area contributed by atoms with E-state index in [-0.39, 0.29) is 28.5 Å². The SMILES string of the molecule is CCNC(=O)C1CCCN(C(=O)C2CCN(S(=O)(=O)c3ccc4c(c3)OCCCO4)CC2)C1. The first kappa shape index (κ1) is 23.8. The first-order valence-electron chi connectivity index (χ1n) is 11.9. The monoisotopic (exact) mass is 479 g/mol. The van der Waals surface area contributed by atoms with Crippen LogP contribution in [0.25, 0.3) is 0 Å². The van der Waals surface area contributed by atoms with Gasteiger partial charge in [0.1, 0.15) is 0 Å². The molecule has 2 amide bonds. The minimum absolute atomic E-state index is 0.00560. The number of piperidine rings is 2. The molecule has 0 aliphatic carbocycles. The molecule has 1 aromatic rings. The molecule has 3 aliphatic rings. The molecule has 10 heteroatoms. The zero-order chi connectivity index (χ0) is 23.4. The van der Waals surface area contributed by atoms with E-state index >= 15 is 0 Å². The topological polar surface area (TPSA) is 105 Å². The van der Waals surface area contributed by atoms with Crippen molar-refractivity contribution in [1.82, 2.24) is 14.5 Å². The fourth-order valence-electron chi connectivity index (χ4n) is 4.76. The molecule has 0 saturated carbocycles. The predicted octanol–water partition coefficient (Wildman–Crippen LogP) is 1.62. The first-order chi connectivity index (χ1) is 15.9. The van der Waals surface area contributed by atoms with Crippen molar-refractivity contribution in [2.24, 2.45) is 11.8 Å². The van der Waals surface area contributed by atoms with E-state index < -0.39 is 10.0 Å². The maximum Gasteiger partial charge on any atom is 0.243 e. The number of carbonyl (C=O) groups is 2. The smallest absolute Gasteiger partial charge is 0.243 e. The minimum Gasteiger partial charge on any atom is -0.490 e. The van der Waals surface area contributed by atoms with Crippen LogP contribution in [0.1, 0.15) is 39.0 Å². The van der Waals surface area contributed by atoms with Crippen LogP contribution in [0.2, 0.25) is 0 Å². The second-order valence-electron chi connectivity index (χ2n) is 8.86. The lowest BCUT2D eigenvalue weighted by molar-refractivity contribution is -0.140. The van der Waals surface area contributed by atoms with E-state index in [1.54, 1.807) is 17.0 Å². The summed E-state index contributed by atoms with van der Waals surface area (Å²) in [6.07, 6.45) is 3.31. The average Bonchev–Trinajstić information content (AvgIpc) is 3.09. The lowest BCUT2D eigenvalue weighted by Crippen LogP contribution is -2.49. The Bertz CT molecular complexity index is 974. The Balaban J connectivity index is 1.37. The highest BCUT2D eigenvalue weighted by Crippen LogP contribution is 2.34. The maximum absolute atomic E-state index is 13.2. The van der Waals surface area contributed by atoms with Crippen LogP contribution in [0.5, 0.6) is 11.5 Å². The molecule has 9 nitrogen and oxygen atoms in total. The summed E-state index contributed by atoms with van der Waals surface area (Å²) in [4.78, 5) is 27.3. The van der Waals surface area contributed by atoms with Gasteiger partial charge in [0.2, 0.25) is 21.8 Å². The molecule has 2 saturated heterocycles. The quantitative estimate of drug-likeness (QED) is 0.688. The number of hydrogen-bond donors (Lipinski definition) is 1. The molecule has 0 spiro atoms. The Morgan fingerprint density at radius 3 is 2.45 bits per heavy atom. The summed E-state index contributed by atoms with van der Waals surface area (Å²) in [5, 5.41) is 2.85. The highest BCUT2D eigenvalue weighted by atomic mass is 32.2. The summed E-state index contributed by atoms with van der Waals surface area (Å²) in [5.74, 6) is 0.673. The Morgan fingerprint density at radius 1 is 1.00 bits per heavy atom. The summed E-state index contributed by atoms with van der Waals surface area (Å²) in [5.41, 5.74) is 0. The number of ether oxygens (including phenoxy) is 2. The van der Waals surface area contributed by atoms with Crippen molar-refractivity contribution in [2.45, 2.75) is 43.9 Å². The lowest BCUT2D eigenvalue weighted by Gasteiger charge is -2.37. The third-order valence-electron chi connectivity index (χ3n) is 6.61. The molecule has 1 aromatic carbocycles. The van der Waals surface area contributed by atoms with Crippen molar-refractivity contribution < 1.29 is 27.5 Å². The Hall–Kier alpha value is -2.33. The van der Waals surface area contributed by atoms with E-state index in [2.05, 4.69) is 5.32 Å². The van der Waals surface area contributed by atoms with E-state index in [0.717, 1.165) is 19.3 Å². The number of hydrogen-bond acceptors (Lipinski definition) is 6. The number of benzene rings is 1. The second-order valence-corrected chi connectivity index (χ2v) is 10.8. The molecule has 182 valence electrons. The van der Waals surface area contributed by atoms with E-state index in [1.807, 2.05) is 6.92 Å². The highest BCUT2D eigenvalue weighted by molar-refractivity contribution is 7.89. The molecule has 1 N–H and O–H groups in total. The van der Waals surface area contributed by atoms with Crippen molar-refractivity contribution in [3.8, 4) is 11.5 Å². The van der Waals surface area contributed by atoms with Crippen LogP contribution in [0, 0.1) is 11.8 Å². The molecule has 0 bridgehead atoms. The van der Waals surface area contributed by atoms with Crippen molar-refractivity contribution >= 4 is 21.8 Å². The number of sulfonamides is 1. The van der Waals surface area contributed by atoms with Crippen LogP contribution >= 0.6 is 0 Å². The molecule has 1 atom stereocenters. The van der Waals surface area contributed by atoms with Crippen molar-refractivity contribution in [3.05, 3.63) is 18.2 Å². The molecule has 3 aliphatic heterocycles. The minimum atomic E-state index is -3.69. The van der Waals surface area contributed by atoms with E-state index in [9.17, 15) is 18.0 Å². The van der Waals surface area contributed by atoms with Gasteiger partial charge in [-0.25, -0.2) is 8.42 Å². The van der Waals surface area contributed by atoms with Gasteiger partial charge in [0, 0.05) is 51.1 Å². The van der Waals surface area contributed by atoms with Crippen LogP contribution in [0.15, 0.2) is 23.1 Å².